The Morgan fingerprint density at radius 2 is 1.05 bits per heavy atom. The van der Waals surface area contributed by atoms with Crippen molar-refractivity contribution in [1.29, 1.82) is 0 Å². The number of hydrogen-bond donors (Lipinski definition) is 0. The van der Waals surface area contributed by atoms with E-state index in [1.165, 1.54) is 65.3 Å². The van der Waals surface area contributed by atoms with Crippen molar-refractivity contribution in [3.05, 3.63) is 188 Å². The number of benzene rings is 9. The van der Waals surface area contributed by atoms with Crippen molar-refractivity contribution in [3.8, 4) is 22.8 Å². The Hall–Kier alpha value is -7.76. The van der Waals surface area contributed by atoms with Crippen LogP contribution in [0.5, 0.6) is 0 Å². The van der Waals surface area contributed by atoms with Gasteiger partial charge in [0.25, 0.3) is 0 Å². The average molecular weight is 726 g/mol. The molecule has 0 atom stereocenters. The van der Waals surface area contributed by atoms with Gasteiger partial charge in [-0.1, -0.05) is 127 Å². The lowest BCUT2D eigenvalue weighted by atomic mass is 9.94. The number of nitrogens with zero attached hydrogens (tertiary/aromatic N) is 5. The molecule has 0 saturated heterocycles. The van der Waals surface area contributed by atoms with Gasteiger partial charge in [0.15, 0.2) is 0 Å². The van der Waals surface area contributed by atoms with Gasteiger partial charge >= 0.3 is 0 Å². The van der Waals surface area contributed by atoms with Crippen LogP contribution < -0.4 is 0 Å². The molecule has 0 aliphatic heterocycles. The molecule has 4 aromatic heterocycles. The molecule has 13 rings (SSSR count). The monoisotopic (exact) mass is 725 g/mol. The first-order valence-corrected chi connectivity index (χ1v) is 19.4. The second-order valence-electron chi connectivity index (χ2n) is 15.0. The summed E-state index contributed by atoms with van der Waals surface area (Å²) in [7, 11) is 0. The first-order valence-electron chi connectivity index (χ1n) is 19.4. The number of fused-ring (bicyclic) bond motifs is 15. The molecule has 264 valence electrons. The second kappa shape index (κ2) is 11.4. The summed E-state index contributed by atoms with van der Waals surface area (Å²) in [5, 5.41) is 10.8. The highest BCUT2D eigenvalue weighted by atomic mass is 15.2. The minimum absolute atomic E-state index is 0.822. The summed E-state index contributed by atoms with van der Waals surface area (Å²) in [6.45, 7) is 0. The highest BCUT2D eigenvalue weighted by Crippen LogP contribution is 2.44. The van der Waals surface area contributed by atoms with Gasteiger partial charge < -0.3 is 4.57 Å². The quantitative estimate of drug-likeness (QED) is 0.182. The lowest BCUT2D eigenvalue weighted by Gasteiger charge is -2.15. The zero-order valence-electron chi connectivity index (χ0n) is 30.6. The van der Waals surface area contributed by atoms with Crippen LogP contribution in [0.15, 0.2) is 188 Å². The predicted molar refractivity (Wildman–Crippen MR) is 237 cm³/mol. The van der Waals surface area contributed by atoms with E-state index in [0.717, 1.165) is 50.3 Å². The van der Waals surface area contributed by atoms with Crippen molar-refractivity contribution in [3.63, 3.8) is 0 Å². The molecule has 0 saturated carbocycles. The predicted octanol–water partition coefficient (Wildman–Crippen LogP) is 13.2. The van der Waals surface area contributed by atoms with Crippen LogP contribution in [0, 0.1) is 0 Å². The third kappa shape index (κ3) is 4.17. The standard InChI is InChI=1S/C52H31N5/c1-2-15-34(16-3-1)55-47-29-27-32-14-4-5-17-35(32)49(47)40-28-26-33(30-48(40)55)41-31-42-37-19-9-12-24-45(37)56(50(42)38-20-7-6-18-36(38)41)52-54-43-22-10-8-21-39(43)51-53-44-23-11-13-25-46(44)57(51)52/h1-31H. The Bertz CT molecular complexity index is 3810. The van der Waals surface area contributed by atoms with Crippen molar-refractivity contribution in [2.45, 2.75) is 0 Å². The summed E-state index contributed by atoms with van der Waals surface area (Å²) in [5.41, 5.74) is 11.9. The minimum atomic E-state index is 0.822. The van der Waals surface area contributed by atoms with Crippen LogP contribution in [-0.4, -0.2) is 23.5 Å². The summed E-state index contributed by atoms with van der Waals surface area (Å²) in [4.78, 5) is 10.6. The van der Waals surface area contributed by atoms with Gasteiger partial charge in [-0.3, -0.25) is 8.97 Å². The minimum Gasteiger partial charge on any atom is -0.309 e. The van der Waals surface area contributed by atoms with Crippen molar-refractivity contribution >= 4 is 92.7 Å². The van der Waals surface area contributed by atoms with Crippen molar-refractivity contribution in [2.24, 2.45) is 0 Å². The topological polar surface area (TPSA) is 40.0 Å². The number of hydrogen-bond acceptors (Lipinski definition) is 2. The third-order valence-corrected chi connectivity index (χ3v) is 12.0. The summed E-state index contributed by atoms with van der Waals surface area (Å²) < 4.78 is 7.04. The van der Waals surface area contributed by atoms with Crippen LogP contribution in [0.1, 0.15) is 0 Å². The molecule has 0 unspecified atom stereocenters. The molecule has 0 aliphatic rings. The molecule has 0 spiro atoms. The van der Waals surface area contributed by atoms with Crippen molar-refractivity contribution < 1.29 is 0 Å². The maximum absolute atomic E-state index is 5.45. The summed E-state index contributed by atoms with van der Waals surface area (Å²) in [6, 6.07) is 67.8. The van der Waals surface area contributed by atoms with Gasteiger partial charge in [-0.05, 0) is 87.9 Å². The van der Waals surface area contributed by atoms with Crippen LogP contribution in [0.2, 0.25) is 0 Å². The molecule has 0 radical (unpaired) electrons. The molecule has 0 amide bonds. The average Bonchev–Trinajstić information content (AvgIpc) is 3.94. The van der Waals surface area contributed by atoms with Crippen LogP contribution in [-0.2, 0) is 0 Å². The second-order valence-corrected chi connectivity index (χ2v) is 15.0. The number of para-hydroxylation sites is 5. The van der Waals surface area contributed by atoms with E-state index in [4.69, 9.17) is 9.97 Å². The maximum atomic E-state index is 5.45. The van der Waals surface area contributed by atoms with E-state index in [0.29, 0.717) is 0 Å². The molecule has 5 heteroatoms. The molecule has 4 heterocycles. The van der Waals surface area contributed by atoms with Gasteiger partial charge in [0.05, 0.1) is 38.6 Å². The first-order chi connectivity index (χ1) is 28.3. The van der Waals surface area contributed by atoms with Crippen molar-refractivity contribution in [1.82, 2.24) is 23.5 Å². The fourth-order valence-corrected chi connectivity index (χ4v) is 9.56. The summed E-state index contributed by atoms with van der Waals surface area (Å²) in [6.07, 6.45) is 0. The highest BCUT2D eigenvalue weighted by molar-refractivity contribution is 6.24. The lowest BCUT2D eigenvalue weighted by molar-refractivity contribution is 0.982. The molecular formula is C52H31N5. The van der Waals surface area contributed by atoms with Crippen LogP contribution in [0.4, 0.5) is 0 Å². The van der Waals surface area contributed by atoms with E-state index in [1.54, 1.807) is 0 Å². The zero-order valence-corrected chi connectivity index (χ0v) is 30.6. The van der Waals surface area contributed by atoms with E-state index >= 15 is 0 Å². The molecule has 0 N–H and O–H groups in total. The van der Waals surface area contributed by atoms with Gasteiger partial charge in [0.2, 0.25) is 5.95 Å². The van der Waals surface area contributed by atoms with Gasteiger partial charge in [-0.25, -0.2) is 9.97 Å². The molecule has 57 heavy (non-hydrogen) atoms. The number of aromatic nitrogens is 5. The zero-order chi connectivity index (χ0) is 37.2. The largest absolute Gasteiger partial charge is 0.309 e. The van der Waals surface area contributed by atoms with E-state index in [9.17, 15) is 0 Å². The van der Waals surface area contributed by atoms with Crippen molar-refractivity contribution in [2.75, 3.05) is 0 Å². The van der Waals surface area contributed by atoms with Gasteiger partial charge in [0, 0.05) is 38.0 Å². The van der Waals surface area contributed by atoms with E-state index in [-0.39, 0.29) is 0 Å². The van der Waals surface area contributed by atoms with Crippen LogP contribution in [0.25, 0.3) is 116 Å². The molecule has 0 bridgehead atoms. The Kier molecular flexibility index (Phi) is 6.10. The Balaban J connectivity index is 1.15. The van der Waals surface area contributed by atoms with Gasteiger partial charge in [-0.2, -0.15) is 0 Å². The highest BCUT2D eigenvalue weighted by Gasteiger charge is 2.23. The van der Waals surface area contributed by atoms with Crippen LogP contribution >= 0.6 is 0 Å². The Labute approximate surface area is 325 Å². The first kappa shape index (κ1) is 30.6. The smallest absolute Gasteiger partial charge is 0.221 e. The lowest BCUT2D eigenvalue weighted by Crippen LogP contribution is -2.06. The van der Waals surface area contributed by atoms with Gasteiger partial charge in [0.1, 0.15) is 5.65 Å². The fourth-order valence-electron chi connectivity index (χ4n) is 9.56. The van der Waals surface area contributed by atoms with E-state index in [2.05, 4.69) is 202 Å². The normalized spacial score (nSPS) is 12.2. The number of rotatable bonds is 3. The molecule has 13 aromatic rings. The number of imidazole rings is 1. The summed E-state index contributed by atoms with van der Waals surface area (Å²) in [5.74, 6) is 0.822. The molecule has 0 fully saturated rings. The van der Waals surface area contributed by atoms with Crippen LogP contribution in [0.3, 0.4) is 0 Å². The molecule has 5 nitrogen and oxygen atoms in total. The van der Waals surface area contributed by atoms with Gasteiger partial charge in [-0.15, -0.1) is 0 Å². The molecule has 9 aromatic carbocycles. The SMILES string of the molecule is c1ccc(-n2c3cc(-c4cc5c6ccccc6n(-c6nc7ccccc7c7nc8ccccc8n67)c5c5ccccc45)ccc3c3c4ccccc4ccc32)cc1. The maximum Gasteiger partial charge on any atom is 0.221 e. The molecule has 0 aliphatic carbocycles. The van der Waals surface area contributed by atoms with E-state index < -0.39 is 0 Å². The Morgan fingerprint density at radius 1 is 0.368 bits per heavy atom. The summed E-state index contributed by atoms with van der Waals surface area (Å²) >= 11 is 0. The fraction of sp³-hybridized carbons (Fsp3) is 0. The Morgan fingerprint density at radius 3 is 1.91 bits per heavy atom. The third-order valence-electron chi connectivity index (χ3n) is 12.0. The molecular weight excluding hydrogens is 695 g/mol. The van der Waals surface area contributed by atoms with E-state index in [1.807, 2.05) is 0 Å².